The molecule has 6 nitrogen and oxygen atoms in total. The lowest BCUT2D eigenvalue weighted by atomic mass is 10.0. The number of esters is 1. The van der Waals surface area contributed by atoms with Gasteiger partial charge < -0.3 is 9.47 Å². The van der Waals surface area contributed by atoms with E-state index >= 15 is 0 Å². The summed E-state index contributed by atoms with van der Waals surface area (Å²) in [7, 11) is -4.28. The number of nitrogens with zero attached hydrogens (tertiary/aromatic N) is 1. The number of carbonyl (C=O) groups excluding carboxylic acids is 1. The molecule has 1 saturated heterocycles. The van der Waals surface area contributed by atoms with Crippen LogP contribution < -0.4 is 4.74 Å². The van der Waals surface area contributed by atoms with E-state index in [0.717, 1.165) is 16.4 Å². The summed E-state index contributed by atoms with van der Waals surface area (Å²) < 4.78 is 73.6. The van der Waals surface area contributed by atoms with Gasteiger partial charge in [0.2, 0.25) is 10.0 Å². The quantitative estimate of drug-likeness (QED) is 0.631. The molecule has 0 bridgehead atoms. The number of rotatable bonds is 5. The molecule has 0 spiro atoms. The van der Waals surface area contributed by atoms with Gasteiger partial charge in [0.15, 0.2) is 5.75 Å². The van der Waals surface area contributed by atoms with Crippen molar-refractivity contribution in [2.24, 2.45) is 5.92 Å². The van der Waals surface area contributed by atoms with Crippen LogP contribution in [0.5, 0.6) is 5.75 Å². The molecule has 1 aromatic rings. The molecule has 1 atom stereocenters. The van der Waals surface area contributed by atoms with Crippen molar-refractivity contribution in [3.63, 3.8) is 0 Å². The van der Waals surface area contributed by atoms with Gasteiger partial charge in [-0.3, -0.25) is 4.79 Å². The van der Waals surface area contributed by atoms with E-state index in [9.17, 15) is 26.4 Å². The fourth-order valence-electron chi connectivity index (χ4n) is 2.65. The van der Waals surface area contributed by atoms with Gasteiger partial charge in [-0.05, 0) is 38.0 Å². The van der Waals surface area contributed by atoms with Crippen molar-refractivity contribution in [2.45, 2.75) is 31.0 Å². The van der Waals surface area contributed by atoms with Crippen molar-refractivity contribution in [1.82, 2.24) is 4.31 Å². The monoisotopic (exact) mass is 459 g/mol. The molecule has 0 aromatic heterocycles. The maximum absolute atomic E-state index is 12.8. The summed E-state index contributed by atoms with van der Waals surface area (Å²) in [6, 6.07) is 3.28. The van der Waals surface area contributed by atoms with Crippen molar-refractivity contribution in [1.29, 1.82) is 0 Å². The van der Waals surface area contributed by atoms with Crippen molar-refractivity contribution in [3.8, 4) is 5.75 Å². The first-order valence-corrected chi connectivity index (χ1v) is 10.00. The number of hydrogen-bond donors (Lipinski definition) is 0. The van der Waals surface area contributed by atoms with Gasteiger partial charge in [0.1, 0.15) is 4.90 Å². The third-order valence-electron chi connectivity index (χ3n) is 3.75. The maximum atomic E-state index is 12.8. The molecule has 0 aliphatic carbocycles. The normalized spacial score (nSPS) is 19.2. The zero-order valence-electron chi connectivity index (χ0n) is 13.8. The van der Waals surface area contributed by atoms with E-state index in [0.29, 0.717) is 12.8 Å². The standard InChI is InChI=1S/C15H17BrF3NO5S/c1-2-24-14(21)10-4-3-7-20(9-10)26(22,23)13-6-5-11(16)8-12(13)25-15(17,18)19/h5-6,8,10H,2-4,7,9H2,1H3. The number of piperidine rings is 1. The predicted octanol–water partition coefficient (Wildman–Crippen LogP) is 3.31. The van der Waals surface area contributed by atoms with Crippen molar-refractivity contribution >= 4 is 31.9 Å². The second-order valence-electron chi connectivity index (χ2n) is 5.59. The van der Waals surface area contributed by atoms with Gasteiger partial charge in [-0.2, -0.15) is 4.31 Å². The highest BCUT2D eigenvalue weighted by Gasteiger charge is 2.38. The molecule has 26 heavy (non-hydrogen) atoms. The lowest BCUT2D eigenvalue weighted by Crippen LogP contribution is -2.42. The zero-order chi connectivity index (χ0) is 19.5. The molecule has 1 aliphatic heterocycles. The van der Waals surface area contributed by atoms with Gasteiger partial charge in [-0.25, -0.2) is 8.42 Å². The molecular weight excluding hydrogens is 443 g/mol. The highest BCUT2D eigenvalue weighted by molar-refractivity contribution is 9.10. The fraction of sp³-hybridized carbons (Fsp3) is 0.533. The molecule has 0 N–H and O–H groups in total. The number of carbonyl (C=O) groups is 1. The largest absolute Gasteiger partial charge is 0.573 e. The minimum absolute atomic E-state index is 0.0970. The lowest BCUT2D eigenvalue weighted by molar-refractivity contribution is -0.275. The Morgan fingerprint density at radius 1 is 1.38 bits per heavy atom. The van der Waals surface area contributed by atoms with Gasteiger partial charge >= 0.3 is 12.3 Å². The smallest absolute Gasteiger partial charge is 0.466 e. The number of halogens is 4. The van der Waals surface area contributed by atoms with Gasteiger partial charge in [0, 0.05) is 17.6 Å². The zero-order valence-corrected chi connectivity index (χ0v) is 16.2. The highest BCUT2D eigenvalue weighted by Crippen LogP contribution is 2.35. The molecule has 146 valence electrons. The second-order valence-corrected chi connectivity index (χ2v) is 8.42. The molecule has 1 unspecified atom stereocenters. The van der Waals surface area contributed by atoms with E-state index in [-0.39, 0.29) is 24.2 Å². The van der Waals surface area contributed by atoms with Gasteiger partial charge in [0.25, 0.3) is 0 Å². The van der Waals surface area contributed by atoms with Crippen LogP contribution in [-0.4, -0.2) is 44.8 Å². The molecule has 2 rings (SSSR count). The number of sulfonamides is 1. The van der Waals surface area contributed by atoms with Crippen LogP contribution >= 0.6 is 15.9 Å². The van der Waals surface area contributed by atoms with Crippen LogP contribution in [0.2, 0.25) is 0 Å². The number of ether oxygens (including phenoxy) is 2. The molecule has 1 fully saturated rings. The van der Waals surface area contributed by atoms with Crippen molar-refractivity contribution < 1.29 is 35.9 Å². The summed E-state index contributed by atoms with van der Waals surface area (Å²) in [6.45, 7) is 1.75. The summed E-state index contributed by atoms with van der Waals surface area (Å²) in [4.78, 5) is 11.3. The lowest BCUT2D eigenvalue weighted by Gasteiger charge is -2.31. The van der Waals surface area contributed by atoms with Crippen LogP contribution in [0, 0.1) is 5.92 Å². The molecule has 1 aliphatic rings. The minimum atomic E-state index is -5.04. The van der Waals surface area contributed by atoms with Crippen LogP contribution in [0.25, 0.3) is 0 Å². The predicted molar refractivity (Wildman–Crippen MR) is 88.9 cm³/mol. The Labute approximate surface area is 157 Å². The molecule has 1 heterocycles. The molecule has 0 radical (unpaired) electrons. The van der Waals surface area contributed by atoms with Crippen LogP contribution in [0.4, 0.5) is 13.2 Å². The third-order valence-corrected chi connectivity index (χ3v) is 6.15. The summed E-state index contributed by atoms with van der Waals surface area (Å²) >= 11 is 3.00. The van der Waals surface area contributed by atoms with Crippen LogP contribution in [-0.2, 0) is 19.6 Å². The average Bonchev–Trinajstić information content (AvgIpc) is 2.53. The van der Waals surface area contributed by atoms with Gasteiger partial charge in [-0.15, -0.1) is 13.2 Å². The van der Waals surface area contributed by atoms with E-state index in [1.54, 1.807) is 6.92 Å². The van der Waals surface area contributed by atoms with E-state index < -0.39 is 38.9 Å². The van der Waals surface area contributed by atoms with Crippen LogP contribution in [0.1, 0.15) is 19.8 Å². The number of benzene rings is 1. The average molecular weight is 460 g/mol. The maximum Gasteiger partial charge on any atom is 0.573 e. The Morgan fingerprint density at radius 2 is 2.08 bits per heavy atom. The first-order valence-electron chi connectivity index (χ1n) is 7.76. The molecule has 1 aromatic carbocycles. The minimum Gasteiger partial charge on any atom is -0.466 e. The summed E-state index contributed by atoms with van der Waals surface area (Å²) in [5.74, 6) is -2.00. The molecular formula is C15H17BrF3NO5S. The third kappa shape index (κ3) is 5.10. The number of hydrogen-bond acceptors (Lipinski definition) is 5. The Balaban J connectivity index is 2.33. The molecule has 0 saturated carbocycles. The van der Waals surface area contributed by atoms with Gasteiger partial charge in [0.05, 0.1) is 12.5 Å². The topological polar surface area (TPSA) is 72.9 Å². The van der Waals surface area contributed by atoms with Crippen LogP contribution in [0.15, 0.2) is 27.6 Å². The first kappa shape index (κ1) is 21.0. The highest BCUT2D eigenvalue weighted by atomic mass is 79.9. The summed E-state index contributed by atoms with van der Waals surface area (Å²) in [6.07, 6.45) is -4.19. The second kappa shape index (κ2) is 8.13. The van der Waals surface area contributed by atoms with E-state index in [4.69, 9.17) is 4.74 Å². The summed E-state index contributed by atoms with van der Waals surface area (Å²) in [5.41, 5.74) is 0. The number of alkyl halides is 3. The summed E-state index contributed by atoms with van der Waals surface area (Å²) in [5, 5.41) is 0. The molecule has 0 amide bonds. The van der Waals surface area contributed by atoms with Crippen molar-refractivity contribution in [3.05, 3.63) is 22.7 Å². The fourth-order valence-corrected chi connectivity index (χ4v) is 4.61. The Morgan fingerprint density at radius 3 is 2.69 bits per heavy atom. The van der Waals surface area contributed by atoms with E-state index in [2.05, 4.69) is 20.7 Å². The van der Waals surface area contributed by atoms with E-state index in [1.807, 2.05) is 0 Å². The van der Waals surface area contributed by atoms with Crippen molar-refractivity contribution in [2.75, 3.05) is 19.7 Å². The van der Waals surface area contributed by atoms with E-state index in [1.165, 1.54) is 6.07 Å². The van der Waals surface area contributed by atoms with Crippen LogP contribution in [0.3, 0.4) is 0 Å². The first-order chi connectivity index (χ1) is 12.0. The Kier molecular flexibility index (Phi) is 6.56. The van der Waals surface area contributed by atoms with Gasteiger partial charge in [-0.1, -0.05) is 15.9 Å². The molecule has 11 heteroatoms. The SMILES string of the molecule is CCOC(=O)C1CCCN(S(=O)(=O)c2ccc(Br)cc2OC(F)(F)F)C1. The Bertz CT molecular complexity index is 769. The Hall–Kier alpha value is -1.33.